The van der Waals surface area contributed by atoms with Crippen LogP contribution in [-0.2, 0) is 0 Å². The van der Waals surface area contributed by atoms with Crippen LogP contribution in [0.25, 0.3) is 0 Å². The Bertz CT molecular complexity index is 685. The van der Waals surface area contributed by atoms with Crippen LogP contribution in [0.15, 0.2) is 30.3 Å². The van der Waals surface area contributed by atoms with Gasteiger partial charge in [-0.25, -0.2) is 9.78 Å². The molecule has 0 amide bonds. The van der Waals surface area contributed by atoms with Gasteiger partial charge in [0.2, 0.25) is 6.79 Å². The molecule has 2 aromatic rings. The number of fused-ring (bicyclic) bond motifs is 1. The lowest BCUT2D eigenvalue weighted by atomic mass is 10.2. The average Bonchev–Trinajstić information content (AvgIpc) is 2.85. The van der Waals surface area contributed by atoms with Crippen molar-refractivity contribution in [2.45, 2.75) is 6.92 Å². The maximum atomic E-state index is 10.9. The number of nitrogens with zero attached hydrogens (tertiary/aromatic N) is 1. The number of carboxylic acid groups (broad SMARTS) is 1. The molecule has 3 rings (SSSR count). The summed E-state index contributed by atoms with van der Waals surface area (Å²) in [5.41, 5.74) is 1.45. The second-order valence-corrected chi connectivity index (χ2v) is 4.33. The van der Waals surface area contributed by atoms with E-state index in [0.29, 0.717) is 23.0 Å². The Morgan fingerprint density at radius 3 is 2.80 bits per heavy atom. The second-order valence-electron chi connectivity index (χ2n) is 4.33. The van der Waals surface area contributed by atoms with Crippen molar-refractivity contribution in [1.82, 2.24) is 4.98 Å². The highest BCUT2D eigenvalue weighted by atomic mass is 16.7. The van der Waals surface area contributed by atoms with Crippen molar-refractivity contribution >= 4 is 17.5 Å². The lowest BCUT2D eigenvalue weighted by Crippen LogP contribution is -2.03. The van der Waals surface area contributed by atoms with Crippen LogP contribution in [0.4, 0.5) is 11.5 Å². The van der Waals surface area contributed by atoms with Crippen LogP contribution in [0.2, 0.25) is 0 Å². The summed E-state index contributed by atoms with van der Waals surface area (Å²) in [5, 5.41) is 12.1. The zero-order chi connectivity index (χ0) is 14.1. The Kier molecular flexibility index (Phi) is 2.90. The van der Waals surface area contributed by atoms with Crippen molar-refractivity contribution < 1.29 is 19.4 Å². The maximum Gasteiger partial charge on any atom is 0.337 e. The molecular weight excluding hydrogens is 260 g/mol. The third-order valence-corrected chi connectivity index (χ3v) is 2.96. The molecule has 102 valence electrons. The van der Waals surface area contributed by atoms with E-state index in [9.17, 15) is 4.79 Å². The number of aryl methyl sites for hydroxylation is 1. The van der Waals surface area contributed by atoms with Gasteiger partial charge >= 0.3 is 5.97 Å². The van der Waals surface area contributed by atoms with Crippen LogP contribution in [0.5, 0.6) is 11.5 Å². The van der Waals surface area contributed by atoms with Gasteiger partial charge in [-0.05, 0) is 31.2 Å². The third kappa shape index (κ3) is 2.23. The molecule has 2 heterocycles. The molecule has 0 aliphatic carbocycles. The van der Waals surface area contributed by atoms with Crippen molar-refractivity contribution in [3.63, 3.8) is 0 Å². The quantitative estimate of drug-likeness (QED) is 0.893. The number of benzene rings is 1. The summed E-state index contributed by atoms with van der Waals surface area (Å²) in [6.45, 7) is 1.89. The normalized spacial score (nSPS) is 12.2. The number of nitrogens with one attached hydrogen (secondary N) is 1. The monoisotopic (exact) mass is 272 g/mol. The first-order valence-corrected chi connectivity index (χ1v) is 6.01. The van der Waals surface area contributed by atoms with E-state index in [0.717, 1.165) is 5.69 Å². The van der Waals surface area contributed by atoms with Gasteiger partial charge in [-0.2, -0.15) is 0 Å². The molecule has 0 fully saturated rings. The number of rotatable bonds is 3. The molecule has 2 N–H and O–H groups in total. The molecule has 0 saturated heterocycles. The van der Waals surface area contributed by atoms with E-state index in [-0.39, 0.29) is 12.4 Å². The summed E-state index contributed by atoms with van der Waals surface area (Å²) in [6.07, 6.45) is 0. The predicted molar refractivity (Wildman–Crippen MR) is 71.8 cm³/mol. The summed E-state index contributed by atoms with van der Waals surface area (Å²) in [5.74, 6) is 0.978. The lowest BCUT2D eigenvalue weighted by Gasteiger charge is -2.08. The first-order valence-electron chi connectivity index (χ1n) is 6.01. The van der Waals surface area contributed by atoms with E-state index >= 15 is 0 Å². The fourth-order valence-electron chi connectivity index (χ4n) is 1.98. The zero-order valence-electron chi connectivity index (χ0n) is 10.7. The van der Waals surface area contributed by atoms with Crippen molar-refractivity contribution in [2.75, 3.05) is 12.1 Å². The van der Waals surface area contributed by atoms with E-state index in [1.165, 1.54) is 6.07 Å². The molecule has 0 atom stereocenters. The molecule has 20 heavy (non-hydrogen) atoms. The van der Waals surface area contributed by atoms with Gasteiger partial charge in [0.1, 0.15) is 5.82 Å². The van der Waals surface area contributed by atoms with Gasteiger partial charge in [0.05, 0.1) is 11.3 Å². The highest BCUT2D eigenvalue weighted by molar-refractivity contribution is 5.89. The Hall–Kier alpha value is -2.76. The smallest absolute Gasteiger partial charge is 0.337 e. The highest BCUT2D eigenvalue weighted by Crippen LogP contribution is 2.34. The van der Waals surface area contributed by atoms with E-state index in [1.54, 1.807) is 13.0 Å². The fourth-order valence-corrected chi connectivity index (χ4v) is 1.98. The van der Waals surface area contributed by atoms with Crippen molar-refractivity contribution in [1.29, 1.82) is 0 Å². The number of carboxylic acids is 1. The largest absolute Gasteiger partial charge is 0.478 e. The van der Waals surface area contributed by atoms with E-state index in [1.807, 2.05) is 18.2 Å². The topological polar surface area (TPSA) is 80.7 Å². The zero-order valence-corrected chi connectivity index (χ0v) is 10.7. The van der Waals surface area contributed by atoms with Crippen LogP contribution in [0.1, 0.15) is 16.1 Å². The summed E-state index contributed by atoms with van der Waals surface area (Å²) >= 11 is 0. The number of hydrogen-bond acceptors (Lipinski definition) is 5. The molecule has 6 nitrogen and oxygen atoms in total. The summed E-state index contributed by atoms with van der Waals surface area (Å²) in [6, 6.07) is 8.62. The number of aromatic nitrogens is 1. The molecule has 1 aliphatic heterocycles. The minimum atomic E-state index is -0.982. The molecule has 0 bridgehead atoms. The number of hydrogen-bond donors (Lipinski definition) is 2. The molecule has 0 saturated carbocycles. The molecule has 0 unspecified atom stereocenters. The molecule has 0 radical (unpaired) electrons. The Labute approximate surface area is 115 Å². The van der Waals surface area contributed by atoms with Crippen LogP contribution in [-0.4, -0.2) is 22.9 Å². The van der Waals surface area contributed by atoms with Gasteiger partial charge < -0.3 is 19.9 Å². The Balaban J connectivity index is 1.84. The SMILES string of the molecule is Cc1nc(Nc2ccc3c(c2)OCO3)ccc1C(=O)O. The van der Waals surface area contributed by atoms with Crippen LogP contribution in [0, 0.1) is 6.92 Å². The van der Waals surface area contributed by atoms with Gasteiger partial charge in [-0.3, -0.25) is 0 Å². The standard InChI is InChI=1S/C14H12N2O4/c1-8-10(14(17)18)3-5-13(15-8)16-9-2-4-11-12(6-9)20-7-19-11/h2-6H,7H2,1H3,(H,15,16)(H,17,18). The molecule has 6 heteroatoms. The predicted octanol–water partition coefficient (Wildman–Crippen LogP) is 2.56. The first kappa shape index (κ1) is 12.3. The Morgan fingerprint density at radius 2 is 2.05 bits per heavy atom. The summed E-state index contributed by atoms with van der Waals surface area (Å²) in [7, 11) is 0. The third-order valence-electron chi connectivity index (χ3n) is 2.96. The molecule has 1 aromatic carbocycles. The maximum absolute atomic E-state index is 10.9. The van der Waals surface area contributed by atoms with E-state index in [2.05, 4.69) is 10.3 Å². The van der Waals surface area contributed by atoms with E-state index in [4.69, 9.17) is 14.6 Å². The van der Waals surface area contributed by atoms with Gasteiger partial charge in [0.15, 0.2) is 11.5 Å². The average molecular weight is 272 g/mol. The van der Waals surface area contributed by atoms with Crippen LogP contribution < -0.4 is 14.8 Å². The van der Waals surface area contributed by atoms with Gasteiger partial charge in [0, 0.05) is 11.8 Å². The number of ether oxygens (including phenoxy) is 2. The van der Waals surface area contributed by atoms with E-state index < -0.39 is 5.97 Å². The van der Waals surface area contributed by atoms with Crippen LogP contribution >= 0.6 is 0 Å². The number of pyridine rings is 1. The minimum absolute atomic E-state index is 0.196. The van der Waals surface area contributed by atoms with Gasteiger partial charge in [-0.15, -0.1) is 0 Å². The second kappa shape index (κ2) is 4.73. The summed E-state index contributed by atoms with van der Waals surface area (Å²) in [4.78, 5) is 15.1. The van der Waals surface area contributed by atoms with Gasteiger partial charge in [0.25, 0.3) is 0 Å². The van der Waals surface area contributed by atoms with Crippen LogP contribution in [0.3, 0.4) is 0 Å². The number of aromatic carboxylic acids is 1. The fraction of sp³-hybridized carbons (Fsp3) is 0.143. The van der Waals surface area contributed by atoms with Crippen molar-refractivity contribution in [2.24, 2.45) is 0 Å². The lowest BCUT2D eigenvalue weighted by molar-refractivity contribution is 0.0695. The van der Waals surface area contributed by atoms with Crippen molar-refractivity contribution in [3.05, 3.63) is 41.6 Å². The molecule has 1 aliphatic rings. The molecular formula is C14H12N2O4. The first-order chi connectivity index (χ1) is 9.63. The molecule has 1 aromatic heterocycles. The minimum Gasteiger partial charge on any atom is -0.478 e. The number of anilines is 2. The summed E-state index contributed by atoms with van der Waals surface area (Å²) < 4.78 is 10.5. The molecule has 0 spiro atoms. The number of carbonyl (C=O) groups is 1. The van der Waals surface area contributed by atoms with Gasteiger partial charge in [-0.1, -0.05) is 0 Å². The Morgan fingerprint density at radius 1 is 1.25 bits per heavy atom. The highest BCUT2D eigenvalue weighted by Gasteiger charge is 2.14. The van der Waals surface area contributed by atoms with Crippen molar-refractivity contribution in [3.8, 4) is 11.5 Å².